The van der Waals surface area contributed by atoms with Crippen LogP contribution in [0, 0.1) is 34.6 Å². The van der Waals surface area contributed by atoms with Crippen LogP contribution in [-0.4, -0.2) is 21.4 Å². The summed E-state index contributed by atoms with van der Waals surface area (Å²) in [5.74, 6) is 0.119. The van der Waals surface area contributed by atoms with Gasteiger partial charge in [-0.2, -0.15) is 0 Å². The molecule has 0 unspecified atom stereocenters. The Hall–Kier alpha value is -2.54. The number of hydrogen-bond donors (Lipinski definition) is 2. The van der Waals surface area contributed by atoms with E-state index in [1.54, 1.807) is 12.1 Å². The molecule has 0 bridgehead atoms. The van der Waals surface area contributed by atoms with Gasteiger partial charge in [-0.3, -0.25) is 9.52 Å². The molecule has 0 radical (unpaired) electrons. The first-order valence-electron chi connectivity index (χ1n) is 8.55. The molecule has 2 aromatic carbocycles. The van der Waals surface area contributed by atoms with Gasteiger partial charge in [0.05, 0.1) is 17.7 Å². The maximum atomic E-state index is 13.2. The zero-order valence-electron chi connectivity index (χ0n) is 16.8. The molecule has 2 N–H and O–H groups in total. The van der Waals surface area contributed by atoms with Gasteiger partial charge in [-0.25, -0.2) is 8.42 Å². The van der Waals surface area contributed by atoms with E-state index < -0.39 is 10.0 Å². The van der Waals surface area contributed by atoms with Crippen LogP contribution in [0.5, 0.6) is 5.75 Å². The van der Waals surface area contributed by atoms with Crippen molar-refractivity contribution in [2.45, 2.75) is 46.4 Å². The predicted octanol–water partition coefficient (Wildman–Crippen LogP) is 4.00. The Balaban J connectivity index is 2.59. The molecule has 2 aromatic rings. The van der Waals surface area contributed by atoms with Crippen LogP contribution in [0.3, 0.4) is 0 Å². The van der Waals surface area contributed by atoms with Crippen molar-refractivity contribution in [3.63, 3.8) is 0 Å². The number of amides is 1. The first-order valence-corrected chi connectivity index (χ1v) is 10.0. The molecule has 0 heterocycles. The maximum absolute atomic E-state index is 13.2. The number of sulfonamides is 1. The molecule has 0 aliphatic heterocycles. The Morgan fingerprint density at radius 3 is 1.93 bits per heavy atom. The number of carbonyl (C=O) groups is 1. The average molecular weight is 391 g/mol. The normalized spacial score (nSPS) is 11.2. The highest BCUT2D eigenvalue weighted by Crippen LogP contribution is 2.34. The first kappa shape index (κ1) is 20.8. The minimum absolute atomic E-state index is 0.245. The van der Waals surface area contributed by atoms with Crippen molar-refractivity contribution in [1.82, 2.24) is 0 Å². The van der Waals surface area contributed by atoms with E-state index in [1.807, 2.05) is 34.6 Å². The van der Waals surface area contributed by atoms with Crippen molar-refractivity contribution >= 4 is 27.3 Å². The lowest BCUT2D eigenvalue weighted by Gasteiger charge is -2.20. The fraction of sp³-hybridized carbons (Fsp3) is 0.350. The average Bonchev–Trinajstić information content (AvgIpc) is 2.57. The van der Waals surface area contributed by atoms with Crippen LogP contribution in [-0.2, 0) is 14.8 Å². The smallest absolute Gasteiger partial charge is 0.262 e. The Morgan fingerprint density at radius 1 is 0.926 bits per heavy atom. The molecular weight excluding hydrogens is 364 g/mol. The Bertz CT molecular complexity index is 982. The van der Waals surface area contributed by atoms with Gasteiger partial charge in [0.2, 0.25) is 5.91 Å². The summed E-state index contributed by atoms with van der Waals surface area (Å²) in [5, 5.41) is 2.64. The summed E-state index contributed by atoms with van der Waals surface area (Å²) in [7, 11) is -2.40. The topological polar surface area (TPSA) is 84.5 Å². The van der Waals surface area contributed by atoms with Crippen molar-refractivity contribution in [1.29, 1.82) is 0 Å². The number of hydrogen-bond acceptors (Lipinski definition) is 4. The second kappa shape index (κ2) is 7.60. The third-order valence-electron chi connectivity index (χ3n) is 4.96. The Kier molecular flexibility index (Phi) is 5.85. The first-order chi connectivity index (χ1) is 12.5. The van der Waals surface area contributed by atoms with Gasteiger partial charge < -0.3 is 10.1 Å². The monoisotopic (exact) mass is 390 g/mol. The molecule has 0 aliphatic rings. The molecule has 0 atom stereocenters. The quantitative estimate of drug-likeness (QED) is 0.808. The number of benzene rings is 2. The molecule has 0 saturated heterocycles. The number of nitrogens with one attached hydrogen (secondary N) is 2. The van der Waals surface area contributed by atoms with Crippen LogP contribution < -0.4 is 14.8 Å². The maximum Gasteiger partial charge on any atom is 0.262 e. The third-order valence-corrected chi connectivity index (χ3v) is 6.60. The third kappa shape index (κ3) is 4.08. The summed E-state index contributed by atoms with van der Waals surface area (Å²) < 4.78 is 34.3. The minimum Gasteiger partial charge on any atom is -0.495 e. The van der Waals surface area contributed by atoms with E-state index in [9.17, 15) is 13.2 Å². The van der Waals surface area contributed by atoms with Crippen molar-refractivity contribution in [2.75, 3.05) is 17.1 Å². The van der Waals surface area contributed by atoms with Crippen LogP contribution in [0.1, 0.15) is 34.7 Å². The lowest BCUT2D eigenvalue weighted by atomic mass is 9.95. The zero-order valence-corrected chi connectivity index (χ0v) is 17.6. The second-order valence-corrected chi connectivity index (χ2v) is 8.28. The van der Waals surface area contributed by atoms with E-state index in [1.165, 1.54) is 20.1 Å². The van der Waals surface area contributed by atoms with E-state index in [0.29, 0.717) is 11.4 Å². The summed E-state index contributed by atoms with van der Waals surface area (Å²) in [6, 6.07) is 4.79. The highest BCUT2D eigenvalue weighted by Gasteiger charge is 2.25. The Morgan fingerprint density at radius 2 is 1.44 bits per heavy atom. The number of rotatable bonds is 5. The summed E-state index contributed by atoms with van der Waals surface area (Å²) in [6.45, 7) is 10.9. The summed E-state index contributed by atoms with van der Waals surface area (Å²) in [6.07, 6.45) is 0. The zero-order chi connectivity index (χ0) is 20.5. The van der Waals surface area contributed by atoms with Crippen LogP contribution in [0.4, 0.5) is 11.4 Å². The summed E-state index contributed by atoms with van der Waals surface area (Å²) >= 11 is 0. The fourth-order valence-electron chi connectivity index (χ4n) is 3.13. The molecular formula is C20H26N2O4S. The van der Waals surface area contributed by atoms with Gasteiger partial charge in [0, 0.05) is 12.6 Å². The molecule has 146 valence electrons. The van der Waals surface area contributed by atoms with Gasteiger partial charge in [-0.05, 0) is 80.6 Å². The molecule has 0 saturated carbocycles. The van der Waals surface area contributed by atoms with Crippen LogP contribution in [0.15, 0.2) is 23.1 Å². The largest absolute Gasteiger partial charge is 0.495 e. The van der Waals surface area contributed by atoms with E-state index in [0.717, 1.165) is 27.8 Å². The standard InChI is InChI=1S/C20H26N2O4S/c1-11-12(2)14(4)20(15(5)13(11)3)27(24,25)22-18-10-17(21-16(6)23)8-9-19(18)26-7/h8-10,22H,1-7H3,(H,21,23). The van der Waals surface area contributed by atoms with Crippen molar-refractivity contribution in [3.05, 3.63) is 46.0 Å². The van der Waals surface area contributed by atoms with Gasteiger partial charge in [0.15, 0.2) is 0 Å². The molecule has 0 fully saturated rings. The molecule has 2 rings (SSSR count). The van der Waals surface area contributed by atoms with Gasteiger partial charge in [0.25, 0.3) is 10.0 Å². The van der Waals surface area contributed by atoms with Gasteiger partial charge in [-0.15, -0.1) is 0 Å². The van der Waals surface area contributed by atoms with E-state index in [4.69, 9.17) is 4.74 Å². The number of methoxy groups -OCH3 is 1. The van der Waals surface area contributed by atoms with E-state index >= 15 is 0 Å². The molecule has 1 amide bonds. The Labute approximate surface area is 161 Å². The van der Waals surface area contributed by atoms with Crippen LogP contribution in [0.2, 0.25) is 0 Å². The van der Waals surface area contributed by atoms with Crippen molar-refractivity contribution in [2.24, 2.45) is 0 Å². The van der Waals surface area contributed by atoms with Crippen LogP contribution >= 0.6 is 0 Å². The van der Waals surface area contributed by atoms with Crippen LogP contribution in [0.25, 0.3) is 0 Å². The van der Waals surface area contributed by atoms with Crippen molar-refractivity contribution < 1.29 is 17.9 Å². The summed E-state index contributed by atoms with van der Waals surface area (Å²) in [5.41, 5.74) is 5.19. The lowest BCUT2D eigenvalue weighted by molar-refractivity contribution is -0.114. The van der Waals surface area contributed by atoms with E-state index in [2.05, 4.69) is 10.0 Å². The minimum atomic E-state index is -3.86. The van der Waals surface area contributed by atoms with Gasteiger partial charge in [0.1, 0.15) is 5.75 Å². The molecule has 0 aliphatic carbocycles. The lowest BCUT2D eigenvalue weighted by Crippen LogP contribution is -2.18. The summed E-state index contributed by atoms with van der Waals surface area (Å²) in [4.78, 5) is 11.6. The molecule has 7 heteroatoms. The number of anilines is 2. The second-order valence-electron chi connectivity index (χ2n) is 6.66. The molecule has 6 nitrogen and oxygen atoms in total. The number of carbonyl (C=O) groups excluding carboxylic acids is 1. The molecule has 27 heavy (non-hydrogen) atoms. The van der Waals surface area contributed by atoms with Crippen molar-refractivity contribution in [3.8, 4) is 5.75 Å². The number of ether oxygens (including phenoxy) is 1. The predicted molar refractivity (Wildman–Crippen MR) is 108 cm³/mol. The van der Waals surface area contributed by atoms with Gasteiger partial charge >= 0.3 is 0 Å². The fourth-order valence-corrected chi connectivity index (χ4v) is 4.80. The van der Waals surface area contributed by atoms with E-state index in [-0.39, 0.29) is 16.5 Å². The SMILES string of the molecule is COc1ccc(NC(C)=O)cc1NS(=O)(=O)c1c(C)c(C)c(C)c(C)c1C. The highest BCUT2D eigenvalue weighted by molar-refractivity contribution is 7.92. The van der Waals surface area contributed by atoms with Gasteiger partial charge in [-0.1, -0.05) is 0 Å². The molecule has 0 spiro atoms. The highest BCUT2D eigenvalue weighted by atomic mass is 32.2. The molecule has 0 aromatic heterocycles.